The van der Waals surface area contributed by atoms with E-state index in [1.54, 1.807) is 0 Å². The molecule has 96 valence electrons. The molecule has 1 aromatic rings. The molecule has 1 rings (SSSR count). The average Bonchev–Trinajstić information content (AvgIpc) is 2.36. The van der Waals surface area contributed by atoms with Gasteiger partial charge in [0.05, 0.1) is 12.7 Å². The minimum atomic E-state index is -0.514. The highest BCUT2D eigenvalue weighted by molar-refractivity contribution is 5.24. The molecule has 17 heavy (non-hydrogen) atoms. The van der Waals surface area contributed by atoms with E-state index in [1.165, 1.54) is 5.56 Å². The molecule has 0 saturated heterocycles. The fourth-order valence-electron chi connectivity index (χ4n) is 1.82. The largest absolute Gasteiger partial charge is 0.386 e. The zero-order chi connectivity index (χ0) is 12.7. The van der Waals surface area contributed by atoms with Crippen LogP contribution in [0, 0.1) is 0 Å². The predicted molar refractivity (Wildman–Crippen MR) is 71.1 cm³/mol. The lowest BCUT2D eigenvalue weighted by Crippen LogP contribution is -2.14. The van der Waals surface area contributed by atoms with E-state index in [0.717, 1.165) is 24.8 Å². The van der Waals surface area contributed by atoms with E-state index in [1.807, 2.05) is 12.1 Å². The molecule has 0 bridgehead atoms. The van der Waals surface area contributed by atoms with Crippen LogP contribution in [0.3, 0.4) is 0 Å². The Morgan fingerprint density at radius 2 is 1.82 bits per heavy atom. The van der Waals surface area contributed by atoms with Crippen LogP contribution in [-0.4, -0.2) is 17.8 Å². The first kappa shape index (κ1) is 14.2. The Labute approximate surface area is 105 Å². The van der Waals surface area contributed by atoms with Crippen LogP contribution in [0.5, 0.6) is 0 Å². The van der Waals surface area contributed by atoms with Gasteiger partial charge in [0, 0.05) is 0 Å². The van der Waals surface area contributed by atoms with Gasteiger partial charge in [-0.05, 0) is 30.9 Å². The van der Waals surface area contributed by atoms with E-state index in [9.17, 15) is 5.11 Å². The van der Waals surface area contributed by atoms with Crippen LogP contribution in [0.4, 0.5) is 0 Å². The summed E-state index contributed by atoms with van der Waals surface area (Å²) in [5.41, 5.74) is 2.23. The molecular weight excluding hydrogens is 212 g/mol. The third kappa shape index (κ3) is 4.88. The Morgan fingerprint density at radius 1 is 1.18 bits per heavy atom. The van der Waals surface area contributed by atoms with Gasteiger partial charge in [-0.1, -0.05) is 44.5 Å². The first-order valence-electron chi connectivity index (χ1n) is 6.55. The molecule has 0 spiro atoms. The van der Waals surface area contributed by atoms with Crippen molar-refractivity contribution in [3.8, 4) is 0 Å². The van der Waals surface area contributed by atoms with Gasteiger partial charge in [0.15, 0.2) is 0 Å². The number of benzene rings is 1. The summed E-state index contributed by atoms with van der Waals surface area (Å²) in [6, 6.07) is 8.09. The van der Waals surface area contributed by atoms with E-state index < -0.39 is 6.10 Å². The van der Waals surface area contributed by atoms with Crippen molar-refractivity contribution in [3.63, 3.8) is 0 Å². The van der Waals surface area contributed by atoms with Crippen LogP contribution < -0.4 is 0 Å². The Morgan fingerprint density at radius 3 is 2.35 bits per heavy atom. The minimum absolute atomic E-state index is 0.226. The van der Waals surface area contributed by atoms with Crippen molar-refractivity contribution in [2.45, 2.75) is 52.2 Å². The Kier molecular flexibility index (Phi) is 6.23. The summed E-state index contributed by atoms with van der Waals surface area (Å²) in [7, 11) is 0. The SMILES string of the molecule is CCCC(C)OCC(O)c1ccc(CC)cc1. The second-order valence-corrected chi connectivity index (χ2v) is 4.54. The first-order chi connectivity index (χ1) is 8.17. The third-order valence-corrected chi connectivity index (χ3v) is 3.01. The second-order valence-electron chi connectivity index (χ2n) is 4.54. The molecule has 2 heteroatoms. The fourth-order valence-corrected chi connectivity index (χ4v) is 1.82. The topological polar surface area (TPSA) is 29.5 Å². The van der Waals surface area contributed by atoms with Crippen molar-refractivity contribution < 1.29 is 9.84 Å². The first-order valence-corrected chi connectivity index (χ1v) is 6.55. The van der Waals surface area contributed by atoms with Crippen LogP contribution in [0.1, 0.15) is 50.8 Å². The van der Waals surface area contributed by atoms with Gasteiger partial charge >= 0.3 is 0 Å². The maximum atomic E-state index is 9.98. The number of ether oxygens (including phenoxy) is 1. The molecule has 0 amide bonds. The van der Waals surface area contributed by atoms with E-state index in [-0.39, 0.29) is 6.10 Å². The standard InChI is InChI=1S/C15H24O2/c1-4-6-12(3)17-11-15(16)14-9-7-13(5-2)8-10-14/h7-10,12,15-16H,4-6,11H2,1-3H3. The van der Waals surface area contributed by atoms with Crippen molar-refractivity contribution in [3.05, 3.63) is 35.4 Å². The molecule has 2 atom stereocenters. The summed E-state index contributed by atoms with van der Waals surface area (Å²) >= 11 is 0. The third-order valence-electron chi connectivity index (χ3n) is 3.01. The molecule has 0 fully saturated rings. The summed E-state index contributed by atoms with van der Waals surface area (Å²) in [4.78, 5) is 0. The van der Waals surface area contributed by atoms with Gasteiger partial charge in [0.25, 0.3) is 0 Å². The van der Waals surface area contributed by atoms with Gasteiger partial charge in [-0.2, -0.15) is 0 Å². The smallest absolute Gasteiger partial charge is 0.102 e. The molecular formula is C15H24O2. The maximum Gasteiger partial charge on any atom is 0.102 e. The highest BCUT2D eigenvalue weighted by Crippen LogP contribution is 2.15. The highest BCUT2D eigenvalue weighted by Gasteiger charge is 2.09. The number of aliphatic hydroxyl groups excluding tert-OH is 1. The Hall–Kier alpha value is -0.860. The molecule has 0 heterocycles. The lowest BCUT2D eigenvalue weighted by Gasteiger charge is -2.16. The highest BCUT2D eigenvalue weighted by atomic mass is 16.5. The van der Waals surface area contributed by atoms with Gasteiger partial charge in [0.1, 0.15) is 6.10 Å². The number of aliphatic hydroxyl groups is 1. The number of hydrogen-bond donors (Lipinski definition) is 1. The number of hydrogen-bond acceptors (Lipinski definition) is 2. The molecule has 2 nitrogen and oxygen atoms in total. The Bertz CT molecular complexity index is 305. The predicted octanol–water partition coefficient (Wildman–Crippen LogP) is 3.49. The van der Waals surface area contributed by atoms with Gasteiger partial charge in [0.2, 0.25) is 0 Å². The van der Waals surface area contributed by atoms with E-state index in [4.69, 9.17) is 4.74 Å². The number of rotatable bonds is 7. The van der Waals surface area contributed by atoms with Crippen LogP contribution in [-0.2, 0) is 11.2 Å². The van der Waals surface area contributed by atoms with Gasteiger partial charge < -0.3 is 9.84 Å². The van der Waals surface area contributed by atoms with Crippen molar-refractivity contribution in [2.24, 2.45) is 0 Å². The average molecular weight is 236 g/mol. The zero-order valence-corrected chi connectivity index (χ0v) is 11.1. The van der Waals surface area contributed by atoms with E-state index in [0.29, 0.717) is 6.61 Å². The van der Waals surface area contributed by atoms with Gasteiger partial charge in [-0.15, -0.1) is 0 Å². The molecule has 0 saturated carbocycles. The molecule has 0 aliphatic rings. The normalized spacial score (nSPS) is 14.6. The molecule has 2 unspecified atom stereocenters. The summed E-state index contributed by atoms with van der Waals surface area (Å²) in [5.74, 6) is 0. The van der Waals surface area contributed by atoms with E-state index in [2.05, 4.69) is 32.9 Å². The minimum Gasteiger partial charge on any atom is -0.386 e. The van der Waals surface area contributed by atoms with Crippen LogP contribution in [0.15, 0.2) is 24.3 Å². The monoisotopic (exact) mass is 236 g/mol. The summed E-state index contributed by atoms with van der Waals surface area (Å²) in [5, 5.41) is 9.98. The van der Waals surface area contributed by atoms with Crippen LogP contribution >= 0.6 is 0 Å². The van der Waals surface area contributed by atoms with Crippen molar-refractivity contribution >= 4 is 0 Å². The molecule has 0 aliphatic carbocycles. The lowest BCUT2D eigenvalue weighted by atomic mass is 10.1. The van der Waals surface area contributed by atoms with Crippen LogP contribution in [0.25, 0.3) is 0 Å². The van der Waals surface area contributed by atoms with Crippen molar-refractivity contribution in [1.29, 1.82) is 0 Å². The zero-order valence-electron chi connectivity index (χ0n) is 11.1. The van der Waals surface area contributed by atoms with Crippen molar-refractivity contribution in [1.82, 2.24) is 0 Å². The Balaban J connectivity index is 2.43. The fraction of sp³-hybridized carbons (Fsp3) is 0.600. The number of aryl methyl sites for hydroxylation is 1. The van der Waals surface area contributed by atoms with Crippen LogP contribution in [0.2, 0.25) is 0 Å². The quantitative estimate of drug-likeness (QED) is 0.785. The summed E-state index contributed by atoms with van der Waals surface area (Å²) in [6.45, 7) is 6.70. The molecule has 0 aliphatic heterocycles. The second kappa shape index (κ2) is 7.46. The maximum absolute atomic E-state index is 9.98. The summed E-state index contributed by atoms with van der Waals surface area (Å²) in [6.07, 6.45) is 2.90. The molecule has 1 N–H and O–H groups in total. The van der Waals surface area contributed by atoms with E-state index >= 15 is 0 Å². The summed E-state index contributed by atoms with van der Waals surface area (Å²) < 4.78 is 5.61. The molecule has 0 radical (unpaired) electrons. The van der Waals surface area contributed by atoms with Gasteiger partial charge in [-0.3, -0.25) is 0 Å². The van der Waals surface area contributed by atoms with Gasteiger partial charge in [-0.25, -0.2) is 0 Å². The van der Waals surface area contributed by atoms with Crippen molar-refractivity contribution in [2.75, 3.05) is 6.61 Å². The lowest BCUT2D eigenvalue weighted by molar-refractivity contribution is -0.00584. The molecule has 1 aromatic carbocycles. The molecule has 0 aromatic heterocycles.